The molecule has 134 valence electrons. The number of benzene rings is 1. The van der Waals surface area contributed by atoms with Gasteiger partial charge >= 0.3 is 12.3 Å². The van der Waals surface area contributed by atoms with Gasteiger partial charge in [0.2, 0.25) is 0 Å². The van der Waals surface area contributed by atoms with Crippen molar-refractivity contribution in [3.63, 3.8) is 0 Å². The Bertz CT molecular complexity index is 838. The quantitative estimate of drug-likeness (QED) is 0.652. The summed E-state index contributed by atoms with van der Waals surface area (Å²) in [7, 11) is 0. The molecule has 1 amide bonds. The van der Waals surface area contributed by atoms with Gasteiger partial charge in [0.25, 0.3) is 5.56 Å². The second-order valence-corrected chi connectivity index (χ2v) is 4.88. The lowest BCUT2D eigenvalue weighted by Crippen LogP contribution is -2.33. The first-order valence-corrected chi connectivity index (χ1v) is 7.20. The number of carbonyl (C=O) groups is 1. The lowest BCUT2D eigenvalue weighted by Gasteiger charge is -2.09. The smallest absolute Gasteiger partial charge is 0.435 e. The van der Waals surface area contributed by atoms with Crippen LogP contribution in [0, 0.1) is 6.92 Å². The lowest BCUT2D eigenvalue weighted by molar-refractivity contribution is -0.0585. The number of hydrazone groups is 1. The molecule has 0 bridgehead atoms. The summed E-state index contributed by atoms with van der Waals surface area (Å²) in [5.41, 5.74) is -1.19. The summed E-state index contributed by atoms with van der Waals surface area (Å²) in [5, 5.41) is 5.62. The van der Waals surface area contributed by atoms with Crippen LogP contribution in [0.25, 0.3) is 5.69 Å². The lowest BCUT2D eigenvalue weighted by atomic mass is 10.1. The Hall–Kier alpha value is -3.04. The number of hydrogen-bond acceptors (Lipinski definition) is 4. The third-order valence-electron chi connectivity index (χ3n) is 3.13. The van der Waals surface area contributed by atoms with E-state index in [1.807, 2.05) is 0 Å². The number of alkyl halides is 3. The maximum atomic E-state index is 13.3. The highest BCUT2D eigenvalue weighted by atomic mass is 19.4. The Morgan fingerprint density at radius 3 is 2.52 bits per heavy atom. The first kappa shape index (κ1) is 18.3. The number of carbonyl (C=O) groups excluding carboxylic acids is 1. The molecule has 0 saturated heterocycles. The van der Waals surface area contributed by atoms with E-state index in [1.54, 1.807) is 35.8 Å². The fourth-order valence-corrected chi connectivity index (χ4v) is 2.11. The van der Waals surface area contributed by atoms with Gasteiger partial charge in [-0.05, 0) is 26.0 Å². The van der Waals surface area contributed by atoms with E-state index < -0.39 is 29.1 Å². The number of nitrogens with one attached hydrogen (secondary N) is 2. The molecule has 10 heteroatoms. The number of halogens is 3. The highest BCUT2D eigenvalue weighted by Gasteiger charge is 2.41. The first-order chi connectivity index (χ1) is 11.8. The SMILES string of the molecule is CCOC(=O)N/N=C(\c1c(C)[nH]n(-c2ccccc2)c1=O)C(F)(F)F. The van der Waals surface area contributed by atoms with Crippen LogP contribution in [0.2, 0.25) is 0 Å². The summed E-state index contributed by atoms with van der Waals surface area (Å²) in [4.78, 5) is 23.7. The van der Waals surface area contributed by atoms with E-state index in [0.29, 0.717) is 5.69 Å². The van der Waals surface area contributed by atoms with Gasteiger partial charge in [-0.3, -0.25) is 9.89 Å². The van der Waals surface area contributed by atoms with Crippen LogP contribution in [0.3, 0.4) is 0 Å². The van der Waals surface area contributed by atoms with E-state index in [9.17, 15) is 22.8 Å². The largest absolute Gasteiger partial charge is 0.449 e. The van der Waals surface area contributed by atoms with E-state index in [4.69, 9.17) is 0 Å². The Kier molecular flexibility index (Phi) is 5.30. The topological polar surface area (TPSA) is 88.5 Å². The highest BCUT2D eigenvalue weighted by molar-refractivity contribution is 6.05. The predicted octanol–water partition coefficient (Wildman–Crippen LogP) is 2.49. The summed E-state index contributed by atoms with van der Waals surface area (Å²) >= 11 is 0. The molecule has 25 heavy (non-hydrogen) atoms. The number of rotatable bonds is 4. The second kappa shape index (κ2) is 7.24. The molecule has 0 radical (unpaired) electrons. The third-order valence-corrected chi connectivity index (χ3v) is 3.13. The number of H-pyrrole nitrogens is 1. The van der Waals surface area contributed by atoms with Gasteiger partial charge in [0, 0.05) is 5.69 Å². The molecule has 0 saturated carbocycles. The Morgan fingerprint density at radius 2 is 1.96 bits per heavy atom. The number of hydrogen-bond donors (Lipinski definition) is 2. The van der Waals surface area contributed by atoms with Crippen LogP contribution >= 0.6 is 0 Å². The van der Waals surface area contributed by atoms with E-state index in [2.05, 4.69) is 14.9 Å². The summed E-state index contributed by atoms with van der Waals surface area (Å²) in [6.07, 6.45) is -6.11. The van der Waals surface area contributed by atoms with Gasteiger partial charge in [0.05, 0.1) is 17.9 Å². The Balaban J connectivity index is 2.52. The molecular formula is C15H15F3N4O3. The van der Waals surface area contributed by atoms with Gasteiger partial charge < -0.3 is 4.74 Å². The van der Waals surface area contributed by atoms with Gasteiger partial charge in [0.15, 0.2) is 5.71 Å². The van der Waals surface area contributed by atoms with Crippen molar-refractivity contribution >= 4 is 11.8 Å². The molecular weight excluding hydrogens is 341 g/mol. The van der Waals surface area contributed by atoms with Crippen LogP contribution in [0.15, 0.2) is 40.2 Å². The van der Waals surface area contributed by atoms with Crippen LogP contribution in [-0.2, 0) is 4.74 Å². The zero-order chi connectivity index (χ0) is 18.6. The van der Waals surface area contributed by atoms with E-state index >= 15 is 0 Å². The van der Waals surface area contributed by atoms with E-state index in [-0.39, 0.29) is 12.3 Å². The van der Waals surface area contributed by atoms with Crippen molar-refractivity contribution in [3.05, 3.63) is 51.9 Å². The van der Waals surface area contributed by atoms with Crippen LogP contribution in [0.5, 0.6) is 0 Å². The number of amides is 1. The molecule has 0 unspecified atom stereocenters. The number of para-hydroxylation sites is 1. The van der Waals surface area contributed by atoms with Gasteiger partial charge in [-0.1, -0.05) is 18.2 Å². The molecule has 1 aromatic heterocycles. The Labute approximate surface area is 140 Å². The molecule has 0 atom stereocenters. The molecule has 7 nitrogen and oxygen atoms in total. The van der Waals surface area contributed by atoms with Crippen molar-refractivity contribution in [1.29, 1.82) is 0 Å². The fraction of sp³-hybridized carbons (Fsp3) is 0.267. The summed E-state index contributed by atoms with van der Waals surface area (Å²) < 4.78 is 45.4. The molecule has 0 aliphatic heterocycles. The molecule has 2 aromatic rings. The van der Waals surface area contributed by atoms with Crippen LogP contribution in [0.4, 0.5) is 18.0 Å². The minimum Gasteiger partial charge on any atom is -0.449 e. The van der Waals surface area contributed by atoms with E-state index in [0.717, 1.165) is 4.68 Å². The maximum absolute atomic E-state index is 13.3. The molecule has 1 heterocycles. The van der Waals surface area contributed by atoms with Crippen LogP contribution in [-0.4, -0.2) is 34.4 Å². The van der Waals surface area contributed by atoms with E-state index in [1.165, 1.54) is 13.8 Å². The summed E-state index contributed by atoms with van der Waals surface area (Å²) in [5.74, 6) is 0. The average molecular weight is 356 g/mol. The van der Waals surface area contributed by atoms with Crippen molar-refractivity contribution in [2.45, 2.75) is 20.0 Å². The van der Waals surface area contributed by atoms with Gasteiger partial charge in [-0.15, -0.1) is 0 Å². The normalized spacial score (nSPS) is 12.1. The highest BCUT2D eigenvalue weighted by Crippen LogP contribution is 2.22. The van der Waals surface area contributed by atoms with Crippen molar-refractivity contribution in [2.24, 2.45) is 5.10 Å². The Morgan fingerprint density at radius 1 is 1.32 bits per heavy atom. The van der Waals surface area contributed by atoms with Gasteiger partial charge in [0.1, 0.15) is 0 Å². The molecule has 0 spiro atoms. The number of ether oxygens (including phenoxy) is 1. The van der Waals surface area contributed by atoms with Gasteiger partial charge in [-0.25, -0.2) is 14.9 Å². The zero-order valence-corrected chi connectivity index (χ0v) is 13.3. The standard InChI is InChI=1S/C15H15F3N4O3/c1-3-25-14(24)20-19-12(15(16,17)18)11-9(2)21-22(13(11)23)10-7-5-4-6-8-10/h4-8,21H,3H2,1-2H3,(H,20,24)/b19-12+. The molecule has 0 fully saturated rings. The third kappa shape index (κ3) is 4.08. The molecule has 1 aromatic carbocycles. The van der Waals surface area contributed by atoms with Gasteiger partial charge in [-0.2, -0.15) is 18.3 Å². The van der Waals surface area contributed by atoms with Crippen LogP contribution in [0.1, 0.15) is 18.2 Å². The number of aromatic amines is 1. The predicted molar refractivity (Wildman–Crippen MR) is 83.9 cm³/mol. The van der Waals surface area contributed by atoms with Crippen molar-refractivity contribution in [3.8, 4) is 5.69 Å². The summed E-state index contributed by atoms with van der Waals surface area (Å²) in [6.45, 7) is 2.76. The average Bonchev–Trinajstić information content (AvgIpc) is 2.83. The van der Waals surface area contributed by atoms with Crippen molar-refractivity contribution in [1.82, 2.24) is 15.2 Å². The second-order valence-electron chi connectivity index (χ2n) is 4.88. The molecule has 2 rings (SSSR count). The molecule has 0 aliphatic carbocycles. The first-order valence-electron chi connectivity index (χ1n) is 7.20. The monoisotopic (exact) mass is 356 g/mol. The number of aromatic nitrogens is 2. The fourth-order valence-electron chi connectivity index (χ4n) is 2.11. The van der Waals surface area contributed by atoms with Crippen molar-refractivity contribution < 1.29 is 22.7 Å². The maximum Gasteiger partial charge on any atom is 0.435 e. The molecule has 0 aliphatic rings. The summed E-state index contributed by atoms with van der Waals surface area (Å²) in [6, 6.07) is 8.10. The van der Waals surface area contributed by atoms with Crippen molar-refractivity contribution in [2.75, 3.05) is 6.61 Å². The number of aryl methyl sites for hydroxylation is 1. The number of nitrogens with zero attached hydrogens (tertiary/aromatic N) is 2. The van der Waals surface area contributed by atoms with Crippen LogP contribution < -0.4 is 11.0 Å². The minimum absolute atomic E-state index is 0.0350. The molecule has 2 N–H and O–H groups in total. The minimum atomic E-state index is -4.96. The zero-order valence-electron chi connectivity index (χ0n) is 13.3.